The number of hydrogen-bond acceptors (Lipinski definition) is 4. The van der Waals surface area contributed by atoms with Gasteiger partial charge >= 0.3 is 20.5 Å². The van der Waals surface area contributed by atoms with Crippen LogP contribution in [0.5, 0.6) is 0 Å². The number of quaternary nitrogens is 2. The zero-order valence-electron chi connectivity index (χ0n) is 22.3. The van der Waals surface area contributed by atoms with Crippen LogP contribution in [-0.2, 0) is 33.3 Å². The number of rotatable bonds is 3. The molecule has 3 aromatic rings. The van der Waals surface area contributed by atoms with E-state index in [1.807, 2.05) is 0 Å². The highest BCUT2D eigenvalue weighted by molar-refractivity contribution is 6.97. The van der Waals surface area contributed by atoms with E-state index in [-0.39, 0.29) is 0 Å². The van der Waals surface area contributed by atoms with E-state index in [4.69, 9.17) is 13.7 Å². The van der Waals surface area contributed by atoms with Crippen molar-refractivity contribution >= 4 is 36.9 Å². The fraction of sp³-hybridized carbons (Fsp3) is 0.333. The average molecular weight is 483 g/mol. The van der Waals surface area contributed by atoms with Gasteiger partial charge in [0.2, 0.25) is 0 Å². The first-order valence-corrected chi connectivity index (χ1v) is 13.0. The van der Waals surface area contributed by atoms with Gasteiger partial charge in [-0.25, -0.2) is 0 Å². The maximum Gasteiger partial charge on any atom is 0.455 e. The SMILES string of the molecule is CN(C)Cc1ccccc1B1O[B@@-]2(O[B@-]3(O1)c1ccccc1C[N+]3(C)C)c1ccccc1C[N+]2(C)C. The molecular weight excluding hydrogens is 447 g/mol. The molecule has 3 heterocycles. The fourth-order valence-electron chi connectivity index (χ4n) is 6.97. The van der Waals surface area contributed by atoms with E-state index >= 15 is 0 Å². The highest BCUT2D eigenvalue weighted by Gasteiger charge is 2.66. The quantitative estimate of drug-likeness (QED) is 0.528. The van der Waals surface area contributed by atoms with Crippen LogP contribution in [0.1, 0.15) is 16.7 Å². The van der Waals surface area contributed by atoms with Gasteiger partial charge in [-0.05, 0) is 36.2 Å². The van der Waals surface area contributed by atoms with Crippen LogP contribution in [0, 0.1) is 0 Å². The van der Waals surface area contributed by atoms with Gasteiger partial charge in [-0.15, -0.1) is 0 Å². The van der Waals surface area contributed by atoms with E-state index in [9.17, 15) is 0 Å². The normalized spacial score (nSPS) is 27.6. The monoisotopic (exact) mass is 483 g/mol. The lowest BCUT2D eigenvalue weighted by Gasteiger charge is -2.66. The molecule has 0 radical (unpaired) electrons. The van der Waals surface area contributed by atoms with Crippen molar-refractivity contribution in [3.63, 3.8) is 0 Å². The van der Waals surface area contributed by atoms with Crippen LogP contribution in [-0.4, -0.2) is 76.5 Å². The van der Waals surface area contributed by atoms with Crippen molar-refractivity contribution in [3.8, 4) is 0 Å². The van der Waals surface area contributed by atoms with Gasteiger partial charge in [0.05, 0.1) is 13.1 Å². The highest BCUT2D eigenvalue weighted by Crippen LogP contribution is 2.42. The standard InChI is InChI=1S/C27H36B3N3O3/c1-31(2)19-22-13-7-10-16-25(22)28-34-29(26-17-11-8-14-23(26)20-32(29,3)4)36-30(35-28)27-18-12-9-15-24(27)21-33(30,5)6/h7-18H,19-21H2,1-6H3/t29-,30-/m1/s1. The van der Waals surface area contributed by atoms with Crippen LogP contribution in [0.2, 0.25) is 0 Å². The Morgan fingerprint density at radius 1 is 0.722 bits per heavy atom. The van der Waals surface area contributed by atoms with Crippen molar-refractivity contribution in [3.05, 3.63) is 89.5 Å². The van der Waals surface area contributed by atoms with Gasteiger partial charge in [0.1, 0.15) is 0 Å². The summed E-state index contributed by atoms with van der Waals surface area (Å²) in [6.07, 6.45) is 0. The summed E-state index contributed by atoms with van der Waals surface area (Å²) in [7, 11) is 12.6. The molecule has 1 fully saturated rings. The molecule has 2 spiro atoms. The summed E-state index contributed by atoms with van der Waals surface area (Å²) < 4.78 is 23.0. The van der Waals surface area contributed by atoms with E-state index in [1.165, 1.54) is 16.7 Å². The molecule has 2 atom stereocenters. The molecule has 0 amide bonds. The average Bonchev–Trinajstić information content (AvgIpc) is 3.17. The molecule has 0 saturated carbocycles. The zero-order chi connectivity index (χ0) is 25.3. The van der Waals surface area contributed by atoms with Gasteiger partial charge in [-0.1, -0.05) is 83.7 Å². The highest BCUT2D eigenvalue weighted by atomic mass is 16.7. The molecule has 186 valence electrons. The Labute approximate surface area is 215 Å². The molecule has 36 heavy (non-hydrogen) atoms. The first kappa shape index (κ1) is 24.0. The Balaban J connectivity index is 1.60. The predicted molar refractivity (Wildman–Crippen MR) is 148 cm³/mol. The number of hydrogen-bond donors (Lipinski definition) is 0. The molecule has 0 bridgehead atoms. The first-order chi connectivity index (χ1) is 17.1. The van der Waals surface area contributed by atoms with Crippen LogP contribution < -0.4 is 16.4 Å². The Bertz CT molecular complexity index is 1260. The van der Waals surface area contributed by atoms with E-state index in [2.05, 4.69) is 120 Å². The number of benzene rings is 3. The molecule has 6 rings (SSSR count). The molecule has 3 aliphatic rings. The molecular formula is C27H36B3N3O3. The largest absolute Gasteiger partial charge is 0.659 e. The molecule has 3 aromatic carbocycles. The van der Waals surface area contributed by atoms with Crippen molar-refractivity contribution in [2.75, 3.05) is 42.3 Å². The lowest BCUT2D eigenvalue weighted by atomic mass is 9.47. The van der Waals surface area contributed by atoms with E-state index in [1.54, 1.807) is 0 Å². The van der Waals surface area contributed by atoms with Crippen LogP contribution >= 0.6 is 0 Å². The zero-order valence-corrected chi connectivity index (χ0v) is 22.3. The van der Waals surface area contributed by atoms with Gasteiger partial charge in [0.15, 0.2) is 0 Å². The predicted octanol–water partition coefficient (Wildman–Crippen LogP) is 1.38. The summed E-state index contributed by atoms with van der Waals surface area (Å²) in [5.41, 5.74) is 7.17. The third kappa shape index (κ3) is 3.31. The molecule has 0 unspecified atom stereocenters. The summed E-state index contributed by atoms with van der Waals surface area (Å²) in [5, 5.41) is 0. The van der Waals surface area contributed by atoms with Crippen molar-refractivity contribution < 1.29 is 22.5 Å². The maximum atomic E-state index is 7.45. The second kappa shape index (κ2) is 8.06. The Morgan fingerprint density at radius 3 is 1.72 bits per heavy atom. The minimum atomic E-state index is -1.93. The van der Waals surface area contributed by atoms with Crippen molar-refractivity contribution in [1.82, 2.24) is 4.90 Å². The molecule has 0 N–H and O–H groups in total. The second-order valence-corrected chi connectivity index (χ2v) is 12.3. The van der Waals surface area contributed by atoms with Gasteiger partial charge in [0.25, 0.3) is 0 Å². The lowest BCUT2D eigenvalue weighted by molar-refractivity contribution is -0.830. The third-order valence-corrected chi connectivity index (χ3v) is 8.67. The topological polar surface area (TPSA) is 30.9 Å². The van der Waals surface area contributed by atoms with E-state index in [0.29, 0.717) is 8.79 Å². The summed E-state index contributed by atoms with van der Waals surface area (Å²) in [4.78, 5) is 2.19. The van der Waals surface area contributed by atoms with Gasteiger partial charge in [0, 0.05) is 34.7 Å². The summed E-state index contributed by atoms with van der Waals surface area (Å²) in [6, 6.07) is 25.8. The number of nitrogens with zero attached hydrogens (tertiary/aromatic N) is 3. The van der Waals surface area contributed by atoms with Crippen LogP contribution in [0.3, 0.4) is 0 Å². The molecule has 6 nitrogen and oxygen atoms in total. The van der Waals surface area contributed by atoms with E-state index < -0.39 is 20.5 Å². The lowest BCUT2D eigenvalue weighted by Crippen LogP contribution is -2.86. The Morgan fingerprint density at radius 2 is 1.19 bits per heavy atom. The van der Waals surface area contributed by atoms with Crippen molar-refractivity contribution in [1.29, 1.82) is 0 Å². The molecule has 3 aliphatic heterocycles. The van der Waals surface area contributed by atoms with Crippen LogP contribution in [0.4, 0.5) is 0 Å². The molecule has 9 heteroatoms. The summed E-state index contributed by atoms with van der Waals surface area (Å²) in [6.45, 7) is -1.35. The fourth-order valence-corrected chi connectivity index (χ4v) is 6.97. The molecule has 1 saturated heterocycles. The number of fused-ring (bicyclic) bond motifs is 4. The third-order valence-electron chi connectivity index (χ3n) is 8.67. The van der Waals surface area contributed by atoms with Crippen LogP contribution in [0.15, 0.2) is 72.8 Å². The summed E-state index contributed by atoms with van der Waals surface area (Å²) >= 11 is 0. The molecule has 0 aliphatic carbocycles. The van der Waals surface area contributed by atoms with Gasteiger partial charge < -0.3 is 27.4 Å². The minimum absolute atomic E-state index is 0.554. The minimum Gasteiger partial charge on any atom is -0.659 e. The maximum absolute atomic E-state index is 7.45. The van der Waals surface area contributed by atoms with Crippen molar-refractivity contribution in [2.45, 2.75) is 19.6 Å². The van der Waals surface area contributed by atoms with Gasteiger partial charge in [-0.2, -0.15) is 0 Å². The van der Waals surface area contributed by atoms with Crippen LogP contribution in [0.25, 0.3) is 0 Å². The van der Waals surface area contributed by atoms with Crippen molar-refractivity contribution in [2.24, 2.45) is 0 Å². The second-order valence-electron chi connectivity index (χ2n) is 12.3. The Hall–Kier alpha value is -2.39. The Kier molecular flexibility index (Phi) is 5.37. The summed E-state index contributed by atoms with van der Waals surface area (Å²) in [5.74, 6) is 0. The first-order valence-electron chi connectivity index (χ1n) is 13.0. The van der Waals surface area contributed by atoms with E-state index in [0.717, 1.165) is 36.0 Å². The smallest absolute Gasteiger partial charge is 0.455 e. The van der Waals surface area contributed by atoms with Gasteiger partial charge in [-0.3, -0.25) is 0 Å². The molecule has 0 aromatic heterocycles.